The first-order valence-electron chi connectivity index (χ1n) is 7.27. The van der Waals surface area contributed by atoms with Crippen LogP contribution in [-0.2, 0) is 4.79 Å². The number of hydrogen-bond acceptors (Lipinski definition) is 6. The summed E-state index contributed by atoms with van der Waals surface area (Å²) < 4.78 is 5.37. The number of amidine groups is 2. The maximum Gasteiger partial charge on any atom is 0.283 e. The third-order valence-corrected chi connectivity index (χ3v) is 4.81. The molecule has 2 aliphatic rings. The van der Waals surface area contributed by atoms with E-state index >= 15 is 0 Å². The molecule has 0 fully saturated rings. The van der Waals surface area contributed by atoms with Gasteiger partial charge in [-0.3, -0.25) is 19.9 Å². The molecular weight excluding hydrogens is 342 g/mol. The van der Waals surface area contributed by atoms with E-state index in [1.54, 1.807) is 10.3 Å². The fourth-order valence-corrected chi connectivity index (χ4v) is 3.49. The average molecular weight is 353 g/mol. The molecule has 4 rings (SSSR count). The molecule has 1 aromatic heterocycles. The molecule has 2 aromatic rings. The maximum atomic E-state index is 12.6. The summed E-state index contributed by atoms with van der Waals surface area (Å²) in [5, 5.41) is 20.3. The van der Waals surface area contributed by atoms with E-state index in [4.69, 9.17) is 9.83 Å². The third-order valence-electron chi connectivity index (χ3n) is 3.87. The minimum atomic E-state index is -0.572. The van der Waals surface area contributed by atoms with Crippen LogP contribution >= 0.6 is 11.8 Å². The summed E-state index contributed by atoms with van der Waals surface area (Å²) in [6, 6.07) is 4.18. The summed E-state index contributed by atoms with van der Waals surface area (Å²) in [6.45, 7) is 1.81. The van der Waals surface area contributed by atoms with Crippen molar-refractivity contribution in [1.82, 2.24) is 4.90 Å². The zero-order valence-electron chi connectivity index (χ0n) is 12.9. The second-order valence-corrected chi connectivity index (χ2v) is 6.36. The van der Waals surface area contributed by atoms with E-state index in [0.29, 0.717) is 5.17 Å². The quantitative estimate of drug-likeness (QED) is 0.763. The molecule has 0 radical (unpaired) electrons. The van der Waals surface area contributed by atoms with Crippen molar-refractivity contribution < 1.29 is 14.3 Å². The second-order valence-electron chi connectivity index (χ2n) is 5.52. The van der Waals surface area contributed by atoms with Crippen molar-refractivity contribution in [2.45, 2.75) is 6.92 Å². The molecule has 0 aliphatic carbocycles. The molecule has 0 spiro atoms. The van der Waals surface area contributed by atoms with Crippen LogP contribution in [-0.4, -0.2) is 26.9 Å². The third kappa shape index (κ3) is 2.38. The van der Waals surface area contributed by atoms with Crippen LogP contribution in [0, 0.1) is 5.41 Å². The molecule has 0 saturated heterocycles. The number of rotatable bonds is 1. The SMILES string of the molecule is CC1=CSC2=NC(=O)C(=Cc3coc4cc(O)ccc4c3=O)C(=N)N12. The molecule has 25 heavy (non-hydrogen) atoms. The van der Waals surface area contributed by atoms with E-state index in [-0.39, 0.29) is 39.1 Å². The van der Waals surface area contributed by atoms with Crippen molar-refractivity contribution in [2.24, 2.45) is 4.99 Å². The number of phenolic OH excluding ortho intramolecular Hbond substituents is 1. The highest BCUT2D eigenvalue weighted by Gasteiger charge is 2.34. The van der Waals surface area contributed by atoms with Gasteiger partial charge in [0.05, 0.1) is 16.5 Å². The van der Waals surface area contributed by atoms with Gasteiger partial charge in [-0.2, -0.15) is 4.99 Å². The van der Waals surface area contributed by atoms with Gasteiger partial charge in [0.25, 0.3) is 5.91 Å². The molecule has 0 bridgehead atoms. The second kappa shape index (κ2) is 5.45. The normalized spacial score (nSPS) is 18.6. The van der Waals surface area contributed by atoms with Crippen molar-refractivity contribution in [3.8, 4) is 5.75 Å². The van der Waals surface area contributed by atoms with Crippen LogP contribution in [0.5, 0.6) is 5.75 Å². The van der Waals surface area contributed by atoms with Gasteiger partial charge < -0.3 is 9.52 Å². The van der Waals surface area contributed by atoms with E-state index in [0.717, 1.165) is 5.70 Å². The van der Waals surface area contributed by atoms with Gasteiger partial charge >= 0.3 is 0 Å². The summed E-state index contributed by atoms with van der Waals surface area (Å²) in [5.41, 5.74) is 0.829. The smallest absolute Gasteiger partial charge is 0.283 e. The lowest BCUT2D eigenvalue weighted by molar-refractivity contribution is -0.114. The summed E-state index contributed by atoms with van der Waals surface area (Å²) in [6.07, 6.45) is 2.53. The number of thioether (sulfide) groups is 1. The number of allylic oxidation sites excluding steroid dienone is 1. The highest BCUT2D eigenvalue weighted by molar-refractivity contribution is 8.16. The Kier molecular flexibility index (Phi) is 3.36. The molecule has 0 atom stereocenters. The maximum absolute atomic E-state index is 12.6. The molecule has 1 amide bonds. The first kappa shape index (κ1) is 15.4. The molecule has 0 unspecified atom stereocenters. The zero-order chi connectivity index (χ0) is 17.7. The van der Waals surface area contributed by atoms with Gasteiger partial charge in [0.15, 0.2) is 10.6 Å². The van der Waals surface area contributed by atoms with Gasteiger partial charge in [-0.05, 0) is 30.5 Å². The highest BCUT2D eigenvalue weighted by Crippen LogP contribution is 2.31. The van der Waals surface area contributed by atoms with Crippen molar-refractivity contribution in [2.75, 3.05) is 0 Å². The number of carbonyl (C=O) groups is 1. The van der Waals surface area contributed by atoms with Crippen molar-refractivity contribution in [3.05, 3.63) is 56.9 Å². The minimum absolute atomic E-state index is 0.0124. The van der Waals surface area contributed by atoms with Crippen LogP contribution in [0.3, 0.4) is 0 Å². The number of carbonyl (C=O) groups excluding carboxylic acids is 1. The lowest BCUT2D eigenvalue weighted by Crippen LogP contribution is -2.38. The number of nitrogens with one attached hydrogen (secondary N) is 1. The zero-order valence-corrected chi connectivity index (χ0v) is 13.8. The lowest BCUT2D eigenvalue weighted by Gasteiger charge is -2.25. The van der Waals surface area contributed by atoms with Gasteiger partial charge in [-0.25, -0.2) is 0 Å². The Morgan fingerprint density at radius 2 is 2.16 bits per heavy atom. The standard InChI is InChI=1S/C17H11N3O4S/c1-8-7-25-17-19-16(23)12(15(18)20(8)17)4-9-6-24-13-5-10(21)2-3-11(13)14(9)22/h2-7,18,21H,1H3. The summed E-state index contributed by atoms with van der Waals surface area (Å²) in [5.74, 6) is -0.613. The number of phenols is 1. The van der Waals surface area contributed by atoms with E-state index < -0.39 is 5.91 Å². The Morgan fingerprint density at radius 3 is 2.96 bits per heavy atom. The fraction of sp³-hybridized carbons (Fsp3) is 0.0588. The molecule has 3 heterocycles. The van der Waals surface area contributed by atoms with E-state index in [9.17, 15) is 14.7 Å². The van der Waals surface area contributed by atoms with Crippen LogP contribution < -0.4 is 5.43 Å². The number of aromatic hydroxyl groups is 1. The van der Waals surface area contributed by atoms with Crippen molar-refractivity contribution in [3.63, 3.8) is 0 Å². The topological polar surface area (TPSA) is 107 Å². The first-order valence-corrected chi connectivity index (χ1v) is 8.15. The van der Waals surface area contributed by atoms with Crippen molar-refractivity contribution >= 4 is 45.7 Å². The molecule has 7 nitrogen and oxygen atoms in total. The number of amides is 1. The molecule has 2 aliphatic heterocycles. The van der Waals surface area contributed by atoms with Crippen molar-refractivity contribution in [1.29, 1.82) is 5.41 Å². The molecular formula is C17H11N3O4S. The van der Waals surface area contributed by atoms with E-state index in [1.165, 1.54) is 42.3 Å². The number of benzene rings is 1. The van der Waals surface area contributed by atoms with Gasteiger partial charge in [0.2, 0.25) is 0 Å². The monoisotopic (exact) mass is 353 g/mol. The molecule has 1 aromatic carbocycles. The van der Waals surface area contributed by atoms with Gasteiger partial charge in [0, 0.05) is 11.8 Å². The highest BCUT2D eigenvalue weighted by atomic mass is 32.2. The predicted octanol–water partition coefficient (Wildman–Crippen LogP) is 2.67. The Labute approximate surface area is 145 Å². The summed E-state index contributed by atoms with van der Waals surface area (Å²) in [7, 11) is 0. The van der Waals surface area contributed by atoms with Crippen LogP contribution in [0.1, 0.15) is 12.5 Å². The Balaban J connectivity index is 1.85. The number of nitrogens with zero attached hydrogens (tertiary/aromatic N) is 2. The molecule has 0 saturated carbocycles. The predicted molar refractivity (Wildman–Crippen MR) is 95.5 cm³/mol. The average Bonchev–Trinajstić information content (AvgIpc) is 2.94. The minimum Gasteiger partial charge on any atom is -0.508 e. The Morgan fingerprint density at radius 1 is 1.36 bits per heavy atom. The Bertz CT molecular complexity index is 1110. The largest absolute Gasteiger partial charge is 0.508 e. The molecule has 8 heteroatoms. The lowest BCUT2D eigenvalue weighted by atomic mass is 10.1. The van der Waals surface area contributed by atoms with Crippen LogP contribution in [0.25, 0.3) is 17.0 Å². The van der Waals surface area contributed by atoms with E-state index in [2.05, 4.69) is 4.99 Å². The van der Waals surface area contributed by atoms with Crippen LogP contribution in [0.4, 0.5) is 0 Å². The van der Waals surface area contributed by atoms with Gasteiger partial charge in [-0.1, -0.05) is 11.8 Å². The fourth-order valence-electron chi connectivity index (χ4n) is 2.63. The molecule has 2 N–H and O–H groups in total. The van der Waals surface area contributed by atoms with Gasteiger partial charge in [-0.15, -0.1) is 0 Å². The van der Waals surface area contributed by atoms with E-state index in [1.807, 2.05) is 6.92 Å². The summed E-state index contributed by atoms with van der Waals surface area (Å²) in [4.78, 5) is 30.4. The number of hydrogen-bond donors (Lipinski definition) is 2. The summed E-state index contributed by atoms with van der Waals surface area (Å²) >= 11 is 1.28. The number of fused-ring (bicyclic) bond motifs is 2. The van der Waals surface area contributed by atoms with Crippen LogP contribution in [0.15, 0.2) is 55.3 Å². The van der Waals surface area contributed by atoms with Gasteiger partial charge in [0.1, 0.15) is 23.4 Å². The first-order chi connectivity index (χ1) is 12.0. The molecule has 124 valence electrons. The Hall–Kier alpha value is -3.13. The number of aliphatic imine (C=N–C) groups is 1. The van der Waals surface area contributed by atoms with Crippen LogP contribution in [0.2, 0.25) is 0 Å².